The summed E-state index contributed by atoms with van der Waals surface area (Å²) in [6.07, 6.45) is 4.71. The van der Waals surface area contributed by atoms with Crippen molar-refractivity contribution in [2.75, 3.05) is 7.05 Å². The minimum atomic E-state index is 0.396. The molecule has 0 spiro atoms. The Hall–Kier alpha value is -1.19. The molecule has 0 saturated carbocycles. The van der Waals surface area contributed by atoms with E-state index < -0.39 is 0 Å². The minimum absolute atomic E-state index is 0.396. The number of hydrogen-bond donors (Lipinski definition) is 1. The lowest BCUT2D eigenvalue weighted by Crippen LogP contribution is -2.18. The van der Waals surface area contributed by atoms with Crippen LogP contribution in [0.25, 0.3) is 0 Å². The van der Waals surface area contributed by atoms with E-state index in [0.29, 0.717) is 6.04 Å². The molecule has 16 heavy (non-hydrogen) atoms. The predicted octanol–water partition coefficient (Wildman–Crippen LogP) is 2.95. The molecule has 84 valence electrons. The van der Waals surface area contributed by atoms with E-state index in [1.54, 1.807) is 11.3 Å². The molecule has 1 unspecified atom stereocenters. The number of rotatable bonds is 4. The molecule has 1 N–H and O–H groups in total. The van der Waals surface area contributed by atoms with Gasteiger partial charge in [0, 0.05) is 23.3 Å². The summed E-state index contributed by atoms with van der Waals surface area (Å²) in [5.74, 6) is 0. The number of aromatic nitrogens is 1. The molecule has 0 fully saturated rings. The monoisotopic (exact) mass is 232 g/mol. The van der Waals surface area contributed by atoms with Crippen LogP contribution in [0, 0.1) is 6.92 Å². The van der Waals surface area contributed by atoms with E-state index in [1.807, 2.05) is 19.4 Å². The molecule has 2 aromatic heterocycles. The Labute approximate surface area is 100 Å². The highest BCUT2D eigenvalue weighted by Gasteiger charge is 2.11. The second kappa shape index (κ2) is 5.23. The molecule has 0 radical (unpaired) electrons. The van der Waals surface area contributed by atoms with E-state index >= 15 is 0 Å². The van der Waals surface area contributed by atoms with Gasteiger partial charge in [0.15, 0.2) is 0 Å². The standard InChI is InChI=1S/C13H16N2S/c1-10-7-12(9-16-10)13(14-2)8-11-3-5-15-6-4-11/h3-7,9,13-14H,8H2,1-2H3. The second-order valence-electron chi connectivity index (χ2n) is 3.89. The van der Waals surface area contributed by atoms with Gasteiger partial charge in [0.25, 0.3) is 0 Å². The molecule has 2 nitrogen and oxygen atoms in total. The highest BCUT2D eigenvalue weighted by atomic mass is 32.1. The Kier molecular flexibility index (Phi) is 3.70. The summed E-state index contributed by atoms with van der Waals surface area (Å²) in [4.78, 5) is 5.40. The van der Waals surface area contributed by atoms with Crippen LogP contribution >= 0.6 is 11.3 Å². The van der Waals surface area contributed by atoms with Crippen molar-refractivity contribution in [2.45, 2.75) is 19.4 Å². The van der Waals surface area contributed by atoms with E-state index in [0.717, 1.165) is 6.42 Å². The van der Waals surface area contributed by atoms with Crippen molar-refractivity contribution in [2.24, 2.45) is 0 Å². The third-order valence-corrected chi connectivity index (χ3v) is 3.57. The van der Waals surface area contributed by atoms with Gasteiger partial charge in [-0.05, 0) is 55.1 Å². The molecular formula is C13H16N2S. The average molecular weight is 232 g/mol. The van der Waals surface area contributed by atoms with Gasteiger partial charge in [0.1, 0.15) is 0 Å². The van der Waals surface area contributed by atoms with Crippen molar-refractivity contribution in [1.29, 1.82) is 0 Å². The van der Waals surface area contributed by atoms with Gasteiger partial charge in [-0.3, -0.25) is 4.98 Å². The van der Waals surface area contributed by atoms with Crippen molar-refractivity contribution in [3.63, 3.8) is 0 Å². The van der Waals surface area contributed by atoms with Gasteiger partial charge in [-0.25, -0.2) is 0 Å². The van der Waals surface area contributed by atoms with Crippen molar-refractivity contribution < 1.29 is 0 Å². The van der Waals surface area contributed by atoms with Gasteiger partial charge >= 0.3 is 0 Å². The molecule has 1 atom stereocenters. The van der Waals surface area contributed by atoms with Gasteiger partial charge in [0.2, 0.25) is 0 Å². The fourth-order valence-corrected chi connectivity index (χ4v) is 2.55. The summed E-state index contributed by atoms with van der Waals surface area (Å²) < 4.78 is 0. The molecular weight excluding hydrogens is 216 g/mol. The summed E-state index contributed by atoms with van der Waals surface area (Å²) in [7, 11) is 2.01. The van der Waals surface area contributed by atoms with Crippen LogP contribution < -0.4 is 5.32 Å². The number of nitrogens with one attached hydrogen (secondary N) is 1. The Bertz CT molecular complexity index is 436. The Morgan fingerprint density at radius 3 is 2.69 bits per heavy atom. The third kappa shape index (κ3) is 2.68. The van der Waals surface area contributed by atoms with Crippen molar-refractivity contribution >= 4 is 11.3 Å². The second-order valence-corrected chi connectivity index (χ2v) is 5.01. The summed E-state index contributed by atoms with van der Waals surface area (Å²) in [5.41, 5.74) is 2.69. The molecule has 2 heterocycles. The van der Waals surface area contributed by atoms with Gasteiger partial charge in [-0.15, -0.1) is 11.3 Å². The maximum absolute atomic E-state index is 4.04. The topological polar surface area (TPSA) is 24.9 Å². The number of pyridine rings is 1. The fraction of sp³-hybridized carbons (Fsp3) is 0.308. The molecule has 0 aliphatic heterocycles. The van der Waals surface area contributed by atoms with Gasteiger partial charge in [-0.2, -0.15) is 0 Å². The van der Waals surface area contributed by atoms with Crippen LogP contribution in [0.3, 0.4) is 0 Å². The van der Waals surface area contributed by atoms with Gasteiger partial charge < -0.3 is 5.32 Å². The van der Waals surface area contributed by atoms with E-state index in [4.69, 9.17) is 0 Å². The van der Waals surface area contributed by atoms with Crippen molar-refractivity contribution in [3.8, 4) is 0 Å². The van der Waals surface area contributed by atoms with Crippen molar-refractivity contribution in [1.82, 2.24) is 10.3 Å². The van der Waals surface area contributed by atoms with Crippen LogP contribution in [0.4, 0.5) is 0 Å². The SMILES string of the molecule is CNC(Cc1ccncc1)c1csc(C)c1. The summed E-state index contributed by atoms with van der Waals surface area (Å²) in [6.45, 7) is 2.15. The first-order valence-electron chi connectivity index (χ1n) is 5.41. The first-order valence-corrected chi connectivity index (χ1v) is 6.29. The smallest absolute Gasteiger partial charge is 0.0366 e. The summed E-state index contributed by atoms with van der Waals surface area (Å²) in [6, 6.07) is 6.80. The predicted molar refractivity (Wildman–Crippen MR) is 68.8 cm³/mol. The van der Waals surface area contributed by atoms with Crippen LogP contribution in [0.1, 0.15) is 22.0 Å². The minimum Gasteiger partial charge on any atom is -0.313 e. The number of nitrogens with zero attached hydrogens (tertiary/aromatic N) is 1. The molecule has 0 amide bonds. The zero-order chi connectivity index (χ0) is 11.4. The molecule has 0 bridgehead atoms. The van der Waals surface area contributed by atoms with Crippen molar-refractivity contribution in [3.05, 3.63) is 52.0 Å². The molecule has 2 aromatic rings. The van der Waals surface area contributed by atoms with Crippen LogP contribution in [-0.2, 0) is 6.42 Å². The van der Waals surface area contributed by atoms with E-state index in [-0.39, 0.29) is 0 Å². The number of likely N-dealkylation sites (N-methyl/N-ethyl adjacent to an activating group) is 1. The Morgan fingerprint density at radius 2 is 2.12 bits per heavy atom. The third-order valence-electron chi connectivity index (χ3n) is 2.69. The molecule has 0 saturated heterocycles. The number of aryl methyl sites for hydroxylation is 1. The summed E-state index contributed by atoms with van der Waals surface area (Å²) >= 11 is 1.81. The summed E-state index contributed by atoms with van der Waals surface area (Å²) in [5, 5.41) is 5.60. The van der Waals surface area contributed by atoms with E-state index in [2.05, 4.69) is 40.8 Å². The average Bonchev–Trinajstić information content (AvgIpc) is 2.74. The maximum atomic E-state index is 4.04. The molecule has 2 rings (SSSR count). The van der Waals surface area contributed by atoms with Crippen LogP contribution in [0.2, 0.25) is 0 Å². The van der Waals surface area contributed by atoms with Crippen LogP contribution in [0.15, 0.2) is 36.0 Å². The first kappa shape index (κ1) is 11.3. The van der Waals surface area contributed by atoms with Crippen LogP contribution in [0.5, 0.6) is 0 Å². The van der Waals surface area contributed by atoms with Gasteiger partial charge in [0.05, 0.1) is 0 Å². The first-order chi connectivity index (χ1) is 7.79. The fourth-order valence-electron chi connectivity index (χ4n) is 1.79. The largest absolute Gasteiger partial charge is 0.313 e. The van der Waals surface area contributed by atoms with Crippen LogP contribution in [-0.4, -0.2) is 12.0 Å². The normalized spacial score (nSPS) is 12.6. The maximum Gasteiger partial charge on any atom is 0.0366 e. The zero-order valence-electron chi connectivity index (χ0n) is 9.60. The molecule has 3 heteroatoms. The quantitative estimate of drug-likeness (QED) is 0.876. The highest BCUT2D eigenvalue weighted by molar-refractivity contribution is 7.10. The van der Waals surface area contributed by atoms with Gasteiger partial charge in [-0.1, -0.05) is 0 Å². The molecule has 0 aliphatic carbocycles. The van der Waals surface area contributed by atoms with E-state index in [9.17, 15) is 0 Å². The number of thiophene rings is 1. The molecule has 0 aromatic carbocycles. The lowest BCUT2D eigenvalue weighted by atomic mass is 10.0. The Morgan fingerprint density at radius 1 is 1.38 bits per heavy atom. The lowest BCUT2D eigenvalue weighted by Gasteiger charge is -2.14. The lowest BCUT2D eigenvalue weighted by molar-refractivity contribution is 0.593. The zero-order valence-corrected chi connectivity index (χ0v) is 10.4. The van der Waals surface area contributed by atoms with E-state index in [1.165, 1.54) is 16.0 Å². The highest BCUT2D eigenvalue weighted by Crippen LogP contribution is 2.23. The number of hydrogen-bond acceptors (Lipinski definition) is 3. The Balaban J connectivity index is 2.12. The molecule has 0 aliphatic rings.